The number of piperidine rings is 1. The van der Waals surface area contributed by atoms with Crippen molar-refractivity contribution in [2.75, 3.05) is 26.2 Å². The van der Waals surface area contributed by atoms with Crippen LogP contribution in [0.2, 0.25) is 0 Å². The topological polar surface area (TPSA) is 86.4 Å². The third-order valence-corrected chi connectivity index (χ3v) is 8.17. The smallest absolute Gasteiger partial charge is 0.222 e. The van der Waals surface area contributed by atoms with Crippen LogP contribution in [-0.4, -0.2) is 64.9 Å². The average Bonchev–Trinajstić information content (AvgIpc) is 3.03. The van der Waals surface area contributed by atoms with E-state index in [1.807, 2.05) is 26.1 Å². The molecule has 4 rings (SSSR count). The Kier molecular flexibility index (Phi) is 5.18. The summed E-state index contributed by atoms with van der Waals surface area (Å²) in [4.78, 5) is 21.3. The first-order valence-electron chi connectivity index (χ1n) is 10.0. The molecule has 8 heteroatoms. The summed E-state index contributed by atoms with van der Waals surface area (Å²) in [6.07, 6.45) is 5.88. The number of carbonyl (C=O) groups excluding carboxylic acids is 1. The molecule has 0 aromatic carbocycles. The summed E-state index contributed by atoms with van der Waals surface area (Å²) < 4.78 is 27.5. The van der Waals surface area contributed by atoms with Crippen LogP contribution in [0.5, 0.6) is 0 Å². The van der Waals surface area contributed by atoms with E-state index in [1.165, 1.54) is 5.56 Å². The zero-order valence-corrected chi connectivity index (χ0v) is 17.3. The van der Waals surface area contributed by atoms with Crippen LogP contribution in [0, 0.1) is 5.92 Å². The molecular weight excluding hydrogens is 376 g/mol. The van der Waals surface area contributed by atoms with Crippen molar-refractivity contribution in [3.05, 3.63) is 30.1 Å². The molecule has 0 atom stereocenters. The van der Waals surface area contributed by atoms with Crippen LogP contribution in [0.3, 0.4) is 0 Å². The van der Waals surface area contributed by atoms with Gasteiger partial charge in [0.15, 0.2) is 0 Å². The van der Waals surface area contributed by atoms with E-state index in [1.54, 1.807) is 15.4 Å². The normalized spacial score (nSPS) is 20.0. The lowest BCUT2D eigenvalue weighted by atomic mass is 9.90. The molecule has 0 aliphatic carbocycles. The second-order valence-electron chi connectivity index (χ2n) is 8.38. The van der Waals surface area contributed by atoms with E-state index in [0.717, 1.165) is 23.9 Å². The molecule has 2 aliphatic heterocycles. The molecule has 0 radical (unpaired) electrons. The first-order valence-corrected chi connectivity index (χ1v) is 11.6. The number of rotatable bonds is 5. The van der Waals surface area contributed by atoms with Crippen LogP contribution in [0.4, 0.5) is 0 Å². The number of nitrogens with one attached hydrogen (secondary N) is 1. The molecule has 28 heavy (non-hydrogen) atoms. The van der Waals surface area contributed by atoms with Crippen LogP contribution in [0.25, 0.3) is 11.0 Å². The summed E-state index contributed by atoms with van der Waals surface area (Å²) >= 11 is 0. The fraction of sp³-hybridized carbons (Fsp3) is 0.600. The van der Waals surface area contributed by atoms with Gasteiger partial charge in [0.05, 0.1) is 0 Å². The fourth-order valence-corrected chi connectivity index (χ4v) is 6.13. The number of hydrogen-bond acceptors (Lipinski definition) is 4. The van der Waals surface area contributed by atoms with E-state index in [0.29, 0.717) is 44.4 Å². The summed E-state index contributed by atoms with van der Waals surface area (Å²) in [6.45, 7) is 5.75. The molecule has 1 amide bonds. The maximum Gasteiger partial charge on any atom is 0.222 e. The molecule has 2 aromatic heterocycles. The number of fused-ring (bicyclic) bond motifs is 1. The van der Waals surface area contributed by atoms with Gasteiger partial charge in [0, 0.05) is 50.4 Å². The van der Waals surface area contributed by atoms with Crippen molar-refractivity contribution in [1.82, 2.24) is 19.2 Å². The number of nitrogens with zero attached hydrogens (tertiary/aromatic N) is 3. The molecule has 0 unspecified atom stereocenters. The van der Waals surface area contributed by atoms with Gasteiger partial charge in [0.1, 0.15) is 10.9 Å². The minimum absolute atomic E-state index is 0.0631. The van der Waals surface area contributed by atoms with E-state index in [2.05, 4.69) is 16.0 Å². The lowest BCUT2D eigenvalue weighted by Crippen LogP contribution is -2.60. The Labute approximate surface area is 166 Å². The highest BCUT2D eigenvalue weighted by Crippen LogP contribution is 2.34. The molecule has 2 saturated heterocycles. The SMILES string of the molecule is CC(C)CC(=O)N1CC(S(=O)(=O)N2CCC(c3c[nH]c4ncccc34)CC2)C1. The highest BCUT2D eigenvalue weighted by atomic mass is 32.2. The number of likely N-dealkylation sites (tertiary alicyclic amines) is 1. The van der Waals surface area contributed by atoms with E-state index >= 15 is 0 Å². The Morgan fingerprint density at radius 1 is 1.29 bits per heavy atom. The summed E-state index contributed by atoms with van der Waals surface area (Å²) in [5, 5.41) is 0.680. The van der Waals surface area contributed by atoms with Crippen LogP contribution >= 0.6 is 0 Å². The Morgan fingerprint density at radius 2 is 2.00 bits per heavy atom. The van der Waals surface area contributed by atoms with Crippen LogP contribution in [0.15, 0.2) is 24.5 Å². The quantitative estimate of drug-likeness (QED) is 0.829. The Hall–Kier alpha value is -1.93. The molecule has 2 aromatic rings. The summed E-state index contributed by atoms with van der Waals surface area (Å²) in [5.74, 6) is 0.699. The number of pyridine rings is 1. The van der Waals surface area contributed by atoms with E-state index in [4.69, 9.17) is 0 Å². The van der Waals surface area contributed by atoms with Crippen molar-refractivity contribution in [1.29, 1.82) is 0 Å². The summed E-state index contributed by atoms with van der Waals surface area (Å²) in [5.41, 5.74) is 2.11. The monoisotopic (exact) mass is 404 g/mol. The van der Waals surface area contributed by atoms with Crippen molar-refractivity contribution in [2.45, 2.75) is 44.3 Å². The largest absolute Gasteiger partial charge is 0.346 e. The number of aromatic nitrogens is 2. The lowest BCUT2D eigenvalue weighted by Gasteiger charge is -2.42. The van der Waals surface area contributed by atoms with Gasteiger partial charge in [0.2, 0.25) is 15.9 Å². The van der Waals surface area contributed by atoms with Crippen LogP contribution in [-0.2, 0) is 14.8 Å². The van der Waals surface area contributed by atoms with Gasteiger partial charge in [0.25, 0.3) is 0 Å². The lowest BCUT2D eigenvalue weighted by molar-refractivity contribution is -0.135. The standard InChI is InChI=1S/C20H28N4O3S/c1-14(2)10-19(25)23-12-16(13-23)28(26,27)24-8-5-15(6-9-24)18-11-22-20-17(18)4-3-7-21-20/h3-4,7,11,14-16H,5-6,8-10,12-13H2,1-2H3,(H,21,22). The average molecular weight is 405 g/mol. The number of aromatic amines is 1. The second kappa shape index (κ2) is 7.48. The number of amides is 1. The van der Waals surface area contributed by atoms with Crippen LogP contribution in [0.1, 0.15) is 44.6 Å². The summed E-state index contributed by atoms with van der Waals surface area (Å²) in [6, 6.07) is 4.00. The predicted octanol–water partition coefficient (Wildman–Crippen LogP) is 2.33. The minimum atomic E-state index is -3.34. The van der Waals surface area contributed by atoms with Crippen LogP contribution < -0.4 is 0 Å². The van der Waals surface area contributed by atoms with Gasteiger partial charge < -0.3 is 9.88 Å². The molecule has 4 heterocycles. The number of hydrogen-bond donors (Lipinski definition) is 1. The first kappa shape index (κ1) is 19.4. The van der Waals surface area contributed by atoms with Crippen molar-refractivity contribution < 1.29 is 13.2 Å². The first-order chi connectivity index (χ1) is 13.4. The molecule has 0 bridgehead atoms. The third kappa shape index (κ3) is 3.55. The molecule has 0 spiro atoms. The second-order valence-corrected chi connectivity index (χ2v) is 10.6. The minimum Gasteiger partial charge on any atom is -0.346 e. The fourth-order valence-electron chi connectivity index (χ4n) is 4.26. The highest BCUT2D eigenvalue weighted by Gasteiger charge is 2.43. The Bertz CT molecular complexity index is 955. The van der Waals surface area contributed by atoms with Crippen molar-refractivity contribution in [3.8, 4) is 0 Å². The maximum absolute atomic E-state index is 12.9. The molecule has 1 N–H and O–H groups in total. The number of H-pyrrole nitrogens is 1. The van der Waals surface area contributed by atoms with Crippen molar-refractivity contribution in [3.63, 3.8) is 0 Å². The van der Waals surface area contributed by atoms with E-state index in [-0.39, 0.29) is 5.91 Å². The Morgan fingerprint density at radius 3 is 2.68 bits per heavy atom. The van der Waals surface area contributed by atoms with Gasteiger partial charge in [-0.3, -0.25) is 4.79 Å². The number of carbonyl (C=O) groups is 1. The van der Waals surface area contributed by atoms with Gasteiger partial charge >= 0.3 is 0 Å². The molecule has 7 nitrogen and oxygen atoms in total. The predicted molar refractivity (Wildman–Crippen MR) is 108 cm³/mol. The number of sulfonamides is 1. The van der Waals surface area contributed by atoms with Gasteiger partial charge in [-0.05, 0) is 42.4 Å². The van der Waals surface area contributed by atoms with Crippen molar-refractivity contribution >= 4 is 27.0 Å². The van der Waals surface area contributed by atoms with Crippen molar-refractivity contribution in [2.24, 2.45) is 5.92 Å². The summed E-state index contributed by atoms with van der Waals surface area (Å²) in [7, 11) is -3.34. The zero-order chi connectivity index (χ0) is 19.9. The molecule has 0 saturated carbocycles. The molecule has 2 fully saturated rings. The maximum atomic E-state index is 12.9. The van der Waals surface area contributed by atoms with E-state index in [9.17, 15) is 13.2 Å². The zero-order valence-electron chi connectivity index (χ0n) is 16.5. The van der Waals surface area contributed by atoms with E-state index < -0.39 is 15.3 Å². The van der Waals surface area contributed by atoms with Gasteiger partial charge in [-0.15, -0.1) is 0 Å². The highest BCUT2D eigenvalue weighted by molar-refractivity contribution is 7.89. The molecular formula is C20H28N4O3S. The Balaban J connectivity index is 1.35. The molecule has 2 aliphatic rings. The third-order valence-electron chi connectivity index (χ3n) is 5.94. The molecule has 152 valence electrons. The van der Waals surface area contributed by atoms with Gasteiger partial charge in [-0.1, -0.05) is 13.8 Å². The van der Waals surface area contributed by atoms with Gasteiger partial charge in [-0.25, -0.2) is 17.7 Å². The van der Waals surface area contributed by atoms with Gasteiger partial charge in [-0.2, -0.15) is 0 Å².